The van der Waals surface area contributed by atoms with Crippen LogP contribution in [0.2, 0.25) is 0 Å². The Morgan fingerprint density at radius 2 is 2.29 bits per heavy atom. The summed E-state index contributed by atoms with van der Waals surface area (Å²) in [6, 6.07) is 7.88. The normalized spacial score (nSPS) is 16.6. The number of halogens is 1. The van der Waals surface area contributed by atoms with E-state index in [1.165, 1.54) is 7.11 Å². The molecule has 0 heterocycles. The Morgan fingerprint density at radius 3 is 2.88 bits per heavy atom. The minimum atomic E-state index is -0.404. The maximum atomic E-state index is 11.5. The van der Waals surface area contributed by atoms with Crippen LogP contribution in [0, 0.1) is 5.92 Å². The molecule has 0 aromatic heterocycles. The third-order valence-corrected chi connectivity index (χ3v) is 3.30. The molecule has 1 aromatic carbocycles. The first-order valence-corrected chi connectivity index (χ1v) is 6.44. The lowest BCUT2D eigenvalue weighted by molar-refractivity contribution is -0.156. The molecule has 0 bridgehead atoms. The summed E-state index contributed by atoms with van der Waals surface area (Å²) in [6.07, 6.45) is 1.70. The SMILES string of the molecule is COC(=O)C(OCc1cccc(Br)c1)C1CC1. The quantitative estimate of drug-likeness (QED) is 0.784. The number of methoxy groups -OCH3 is 1. The Hall–Kier alpha value is -0.870. The second kappa shape index (κ2) is 5.65. The first-order chi connectivity index (χ1) is 8.20. The zero-order chi connectivity index (χ0) is 12.3. The molecular weight excluding hydrogens is 284 g/mol. The van der Waals surface area contributed by atoms with Gasteiger partial charge in [0.25, 0.3) is 0 Å². The summed E-state index contributed by atoms with van der Waals surface area (Å²) in [5.41, 5.74) is 1.05. The molecule has 2 rings (SSSR count). The summed E-state index contributed by atoms with van der Waals surface area (Å²) >= 11 is 3.41. The first-order valence-electron chi connectivity index (χ1n) is 5.64. The Kier molecular flexibility index (Phi) is 4.18. The molecule has 1 saturated carbocycles. The summed E-state index contributed by atoms with van der Waals surface area (Å²) in [5, 5.41) is 0. The summed E-state index contributed by atoms with van der Waals surface area (Å²) in [6.45, 7) is 0.440. The van der Waals surface area contributed by atoms with Gasteiger partial charge in [-0.2, -0.15) is 0 Å². The summed E-state index contributed by atoms with van der Waals surface area (Å²) in [7, 11) is 1.40. The van der Waals surface area contributed by atoms with Crippen LogP contribution in [0.5, 0.6) is 0 Å². The fourth-order valence-electron chi connectivity index (χ4n) is 1.72. The van der Waals surface area contributed by atoms with Crippen molar-refractivity contribution in [3.8, 4) is 0 Å². The lowest BCUT2D eigenvalue weighted by Gasteiger charge is -2.14. The van der Waals surface area contributed by atoms with Crippen molar-refractivity contribution in [3.63, 3.8) is 0 Å². The van der Waals surface area contributed by atoms with Gasteiger partial charge in [0, 0.05) is 4.47 Å². The fourth-order valence-corrected chi connectivity index (χ4v) is 2.17. The molecule has 1 aliphatic carbocycles. The van der Waals surface area contributed by atoms with Gasteiger partial charge in [0.1, 0.15) is 0 Å². The third-order valence-electron chi connectivity index (χ3n) is 2.80. The second-order valence-corrected chi connectivity index (χ2v) is 5.14. The highest BCUT2D eigenvalue weighted by molar-refractivity contribution is 9.10. The maximum Gasteiger partial charge on any atom is 0.335 e. The average Bonchev–Trinajstić information content (AvgIpc) is 3.13. The van der Waals surface area contributed by atoms with Crippen molar-refractivity contribution in [3.05, 3.63) is 34.3 Å². The summed E-state index contributed by atoms with van der Waals surface area (Å²) in [5.74, 6) is 0.0806. The van der Waals surface area contributed by atoms with Crippen LogP contribution in [0.4, 0.5) is 0 Å². The zero-order valence-electron chi connectivity index (χ0n) is 9.69. The van der Waals surface area contributed by atoms with Crippen LogP contribution < -0.4 is 0 Å². The monoisotopic (exact) mass is 298 g/mol. The molecule has 92 valence electrons. The van der Waals surface area contributed by atoms with E-state index in [0.717, 1.165) is 22.9 Å². The topological polar surface area (TPSA) is 35.5 Å². The van der Waals surface area contributed by atoms with Gasteiger partial charge in [0.2, 0.25) is 0 Å². The Bertz CT molecular complexity index is 401. The molecule has 0 amide bonds. The number of rotatable bonds is 5. The largest absolute Gasteiger partial charge is 0.467 e. The number of hydrogen-bond acceptors (Lipinski definition) is 3. The Morgan fingerprint density at radius 1 is 1.53 bits per heavy atom. The van der Waals surface area contributed by atoms with Crippen molar-refractivity contribution < 1.29 is 14.3 Å². The summed E-state index contributed by atoms with van der Waals surface area (Å²) < 4.78 is 11.4. The van der Waals surface area contributed by atoms with E-state index in [0.29, 0.717) is 12.5 Å². The van der Waals surface area contributed by atoms with Gasteiger partial charge in [-0.1, -0.05) is 28.1 Å². The van der Waals surface area contributed by atoms with E-state index in [1.54, 1.807) is 0 Å². The molecule has 0 aliphatic heterocycles. The van der Waals surface area contributed by atoms with Crippen molar-refractivity contribution in [2.24, 2.45) is 5.92 Å². The first kappa shape index (κ1) is 12.6. The Labute approximate surface area is 109 Å². The molecule has 1 atom stereocenters. The average molecular weight is 299 g/mol. The molecule has 0 saturated heterocycles. The van der Waals surface area contributed by atoms with E-state index in [2.05, 4.69) is 15.9 Å². The highest BCUT2D eigenvalue weighted by Gasteiger charge is 2.37. The van der Waals surface area contributed by atoms with Gasteiger partial charge >= 0.3 is 5.97 Å². The molecule has 1 aromatic rings. The maximum absolute atomic E-state index is 11.5. The minimum absolute atomic E-state index is 0.262. The minimum Gasteiger partial charge on any atom is -0.467 e. The van der Waals surface area contributed by atoms with Crippen LogP contribution in [0.3, 0.4) is 0 Å². The van der Waals surface area contributed by atoms with Gasteiger partial charge < -0.3 is 9.47 Å². The smallest absolute Gasteiger partial charge is 0.335 e. The van der Waals surface area contributed by atoms with E-state index in [-0.39, 0.29) is 5.97 Å². The van der Waals surface area contributed by atoms with Crippen LogP contribution in [0.15, 0.2) is 28.7 Å². The van der Waals surface area contributed by atoms with E-state index in [4.69, 9.17) is 9.47 Å². The van der Waals surface area contributed by atoms with Crippen molar-refractivity contribution in [1.82, 2.24) is 0 Å². The molecule has 0 N–H and O–H groups in total. The van der Waals surface area contributed by atoms with E-state index in [1.807, 2.05) is 24.3 Å². The molecule has 1 unspecified atom stereocenters. The van der Waals surface area contributed by atoms with Gasteiger partial charge in [0.05, 0.1) is 13.7 Å². The number of ether oxygens (including phenoxy) is 2. The van der Waals surface area contributed by atoms with Gasteiger partial charge in [-0.15, -0.1) is 0 Å². The number of carbonyl (C=O) groups excluding carboxylic acids is 1. The molecule has 0 radical (unpaired) electrons. The lowest BCUT2D eigenvalue weighted by atomic mass is 10.2. The van der Waals surface area contributed by atoms with Crippen LogP contribution in [-0.4, -0.2) is 19.2 Å². The van der Waals surface area contributed by atoms with Gasteiger partial charge in [-0.25, -0.2) is 4.79 Å². The van der Waals surface area contributed by atoms with E-state index < -0.39 is 6.10 Å². The molecule has 1 aliphatic rings. The fraction of sp³-hybridized carbons (Fsp3) is 0.462. The zero-order valence-corrected chi connectivity index (χ0v) is 11.3. The van der Waals surface area contributed by atoms with Crippen molar-refractivity contribution in [1.29, 1.82) is 0 Å². The van der Waals surface area contributed by atoms with Gasteiger partial charge in [-0.05, 0) is 36.5 Å². The molecule has 0 spiro atoms. The molecule has 1 fully saturated rings. The standard InChI is InChI=1S/C13H15BrO3/c1-16-13(15)12(10-5-6-10)17-8-9-3-2-4-11(14)7-9/h2-4,7,10,12H,5-6,8H2,1H3. The van der Waals surface area contributed by atoms with Crippen molar-refractivity contribution >= 4 is 21.9 Å². The predicted octanol–water partition coefficient (Wildman–Crippen LogP) is 2.92. The number of benzene rings is 1. The highest BCUT2D eigenvalue weighted by Crippen LogP contribution is 2.35. The van der Waals surface area contributed by atoms with E-state index >= 15 is 0 Å². The number of carbonyl (C=O) groups is 1. The molecule has 17 heavy (non-hydrogen) atoms. The van der Waals surface area contributed by atoms with Crippen molar-refractivity contribution in [2.75, 3.05) is 7.11 Å². The summed E-state index contributed by atoms with van der Waals surface area (Å²) in [4.78, 5) is 11.5. The number of esters is 1. The predicted molar refractivity (Wildman–Crippen MR) is 67.5 cm³/mol. The molecule has 4 heteroatoms. The Balaban J connectivity index is 1.93. The highest BCUT2D eigenvalue weighted by atomic mass is 79.9. The van der Waals surface area contributed by atoms with Crippen LogP contribution in [-0.2, 0) is 20.9 Å². The van der Waals surface area contributed by atoms with Crippen molar-refractivity contribution in [2.45, 2.75) is 25.6 Å². The van der Waals surface area contributed by atoms with E-state index in [9.17, 15) is 4.79 Å². The lowest BCUT2D eigenvalue weighted by Crippen LogP contribution is -2.27. The molecule has 3 nitrogen and oxygen atoms in total. The van der Waals surface area contributed by atoms with Crippen LogP contribution >= 0.6 is 15.9 Å². The van der Waals surface area contributed by atoms with Gasteiger partial charge in [0.15, 0.2) is 6.10 Å². The third kappa shape index (κ3) is 3.54. The molecular formula is C13H15BrO3. The number of hydrogen-bond donors (Lipinski definition) is 0. The second-order valence-electron chi connectivity index (χ2n) is 4.22. The van der Waals surface area contributed by atoms with Crippen LogP contribution in [0.25, 0.3) is 0 Å². The van der Waals surface area contributed by atoms with Gasteiger partial charge in [-0.3, -0.25) is 0 Å². The van der Waals surface area contributed by atoms with Crippen LogP contribution in [0.1, 0.15) is 18.4 Å².